The normalized spacial score (nSPS) is 15.6. The molecule has 0 aliphatic carbocycles. The Hall–Kier alpha value is -0.580. The summed E-state index contributed by atoms with van der Waals surface area (Å²) in [6.07, 6.45) is 3.85. The second-order valence-corrected chi connectivity index (χ2v) is 6.17. The van der Waals surface area contributed by atoms with Gasteiger partial charge in [-0.3, -0.25) is 0 Å². The Balaban J connectivity index is 1.96. The van der Waals surface area contributed by atoms with Gasteiger partial charge in [0.1, 0.15) is 0 Å². The smallest absolute Gasteiger partial charge is 0.0642 e. The summed E-state index contributed by atoms with van der Waals surface area (Å²) in [6.45, 7) is 7.92. The maximum absolute atomic E-state index is 5.45. The van der Waals surface area contributed by atoms with Crippen LogP contribution in [0.1, 0.15) is 31.7 Å². The van der Waals surface area contributed by atoms with Gasteiger partial charge < -0.3 is 15.0 Å². The SMILES string of the molecule is CCCCCNCc1ccc(Br)cc1N1CCOCC1. The minimum atomic E-state index is 0.829. The maximum atomic E-state index is 5.45. The molecule has 112 valence electrons. The molecule has 3 nitrogen and oxygen atoms in total. The van der Waals surface area contributed by atoms with E-state index in [1.807, 2.05) is 0 Å². The largest absolute Gasteiger partial charge is 0.378 e. The molecule has 1 aliphatic heterocycles. The number of nitrogens with zero attached hydrogens (tertiary/aromatic N) is 1. The minimum absolute atomic E-state index is 0.829. The third-order valence-electron chi connectivity index (χ3n) is 3.67. The van der Waals surface area contributed by atoms with Gasteiger partial charge >= 0.3 is 0 Å². The van der Waals surface area contributed by atoms with Crippen molar-refractivity contribution in [3.05, 3.63) is 28.2 Å². The number of morpholine rings is 1. The first kappa shape index (κ1) is 15.8. The first-order valence-electron chi connectivity index (χ1n) is 7.63. The molecule has 0 atom stereocenters. The van der Waals surface area contributed by atoms with E-state index >= 15 is 0 Å². The van der Waals surface area contributed by atoms with Crippen LogP contribution in [-0.4, -0.2) is 32.8 Å². The fourth-order valence-electron chi connectivity index (χ4n) is 2.51. The highest BCUT2D eigenvalue weighted by Gasteiger charge is 2.14. The van der Waals surface area contributed by atoms with E-state index in [1.165, 1.54) is 30.5 Å². The van der Waals surface area contributed by atoms with E-state index in [4.69, 9.17) is 4.74 Å². The van der Waals surface area contributed by atoms with Gasteiger partial charge in [-0.15, -0.1) is 0 Å². The molecule has 1 heterocycles. The van der Waals surface area contributed by atoms with Crippen LogP contribution in [0.25, 0.3) is 0 Å². The molecule has 1 aliphatic rings. The lowest BCUT2D eigenvalue weighted by Gasteiger charge is -2.31. The van der Waals surface area contributed by atoms with Crippen LogP contribution in [0.5, 0.6) is 0 Å². The Morgan fingerprint density at radius 2 is 2.05 bits per heavy atom. The van der Waals surface area contributed by atoms with Crippen LogP contribution in [0.2, 0.25) is 0 Å². The average molecular weight is 341 g/mol. The zero-order chi connectivity index (χ0) is 14.2. The summed E-state index contributed by atoms with van der Waals surface area (Å²) in [5.74, 6) is 0. The molecule has 0 aromatic heterocycles. The molecule has 20 heavy (non-hydrogen) atoms. The number of anilines is 1. The topological polar surface area (TPSA) is 24.5 Å². The average Bonchev–Trinajstić information content (AvgIpc) is 2.49. The van der Waals surface area contributed by atoms with E-state index in [1.54, 1.807) is 0 Å². The lowest BCUT2D eigenvalue weighted by molar-refractivity contribution is 0.122. The molecule has 0 amide bonds. The molecular weight excluding hydrogens is 316 g/mol. The van der Waals surface area contributed by atoms with Crippen LogP contribution in [0.15, 0.2) is 22.7 Å². The number of rotatable bonds is 7. The van der Waals surface area contributed by atoms with E-state index in [2.05, 4.69) is 51.3 Å². The van der Waals surface area contributed by atoms with Crippen molar-refractivity contribution in [2.24, 2.45) is 0 Å². The van der Waals surface area contributed by atoms with E-state index in [9.17, 15) is 0 Å². The zero-order valence-electron chi connectivity index (χ0n) is 12.3. The molecule has 0 saturated carbocycles. The van der Waals surface area contributed by atoms with Crippen molar-refractivity contribution in [2.75, 3.05) is 37.7 Å². The monoisotopic (exact) mass is 340 g/mol. The molecule has 1 N–H and O–H groups in total. The predicted molar refractivity (Wildman–Crippen MR) is 88.4 cm³/mol. The molecule has 2 rings (SSSR count). The van der Waals surface area contributed by atoms with Gasteiger partial charge in [-0.05, 0) is 30.7 Å². The molecule has 1 aromatic rings. The van der Waals surface area contributed by atoms with Crippen LogP contribution in [-0.2, 0) is 11.3 Å². The van der Waals surface area contributed by atoms with Gasteiger partial charge in [0.05, 0.1) is 13.2 Å². The van der Waals surface area contributed by atoms with Gasteiger partial charge in [-0.1, -0.05) is 41.8 Å². The quantitative estimate of drug-likeness (QED) is 0.768. The summed E-state index contributed by atoms with van der Waals surface area (Å²) in [7, 11) is 0. The summed E-state index contributed by atoms with van der Waals surface area (Å²) in [6, 6.07) is 6.59. The van der Waals surface area contributed by atoms with Crippen molar-refractivity contribution >= 4 is 21.6 Å². The van der Waals surface area contributed by atoms with Crippen LogP contribution in [0.4, 0.5) is 5.69 Å². The molecule has 0 radical (unpaired) electrons. The van der Waals surface area contributed by atoms with E-state index < -0.39 is 0 Å². The van der Waals surface area contributed by atoms with Crippen LogP contribution in [0, 0.1) is 0 Å². The fraction of sp³-hybridized carbons (Fsp3) is 0.625. The zero-order valence-corrected chi connectivity index (χ0v) is 13.9. The summed E-state index contributed by atoms with van der Waals surface area (Å²) in [5, 5.41) is 3.56. The van der Waals surface area contributed by atoms with E-state index in [0.717, 1.165) is 43.9 Å². The summed E-state index contributed by atoms with van der Waals surface area (Å²) >= 11 is 3.59. The van der Waals surface area contributed by atoms with Crippen molar-refractivity contribution in [3.63, 3.8) is 0 Å². The highest BCUT2D eigenvalue weighted by Crippen LogP contribution is 2.26. The Kier molecular flexibility index (Phi) is 6.83. The fourth-order valence-corrected chi connectivity index (χ4v) is 2.86. The number of benzene rings is 1. The van der Waals surface area contributed by atoms with Crippen molar-refractivity contribution in [2.45, 2.75) is 32.7 Å². The lowest BCUT2D eigenvalue weighted by atomic mass is 10.1. The van der Waals surface area contributed by atoms with Crippen molar-refractivity contribution < 1.29 is 4.74 Å². The summed E-state index contributed by atoms with van der Waals surface area (Å²) in [5.41, 5.74) is 2.72. The highest BCUT2D eigenvalue weighted by atomic mass is 79.9. The van der Waals surface area contributed by atoms with Crippen LogP contribution >= 0.6 is 15.9 Å². The number of nitrogens with one attached hydrogen (secondary N) is 1. The first-order valence-corrected chi connectivity index (χ1v) is 8.42. The van der Waals surface area contributed by atoms with Crippen molar-refractivity contribution in [1.82, 2.24) is 5.32 Å². The third kappa shape index (κ3) is 4.76. The lowest BCUT2D eigenvalue weighted by Crippen LogP contribution is -2.37. The Morgan fingerprint density at radius 1 is 1.25 bits per heavy atom. The standard InChI is InChI=1S/C16H25BrN2O/c1-2-3-4-7-18-13-14-5-6-15(17)12-16(14)19-8-10-20-11-9-19/h5-6,12,18H,2-4,7-11,13H2,1H3. The van der Waals surface area contributed by atoms with Gasteiger partial charge in [-0.25, -0.2) is 0 Å². The Bertz CT molecular complexity index is 405. The Morgan fingerprint density at radius 3 is 2.80 bits per heavy atom. The number of hydrogen-bond donors (Lipinski definition) is 1. The van der Waals surface area contributed by atoms with Crippen LogP contribution in [0.3, 0.4) is 0 Å². The van der Waals surface area contributed by atoms with Gasteiger partial charge in [0, 0.05) is 29.8 Å². The highest BCUT2D eigenvalue weighted by molar-refractivity contribution is 9.10. The molecule has 4 heteroatoms. The number of halogens is 1. The molecule has 1 aromatic carbocycles. The molecule has 1 saturated heterocycles. The molecule has 1 fully saturated rings. The van der Waals surface area contributed by atoms with Crippen molar-refractivity contribution in [1.29, 1.82) is 0 Å². The number of hydrogen-bond acceptors (Lipinski definition) is 3. The maximum Gasteiger partial charge on any atom is 0.0642 e. The summed E-state index contributed by atoms with van der Waals surface area (Å²) in [4.78, 5) is 2.43. The molecule has 0 bridgehead atoms. The van der Waals surface area contributed by atoms with Gasteiger partial charge in [-0.2, -0.15) is 0 Å². The van der Waals surface area contributed by atoms with Gasteiger partial charge in [0.25, 0.3) is 0 Å². The van der Waals surface area contributed by atoms with E-state index in [-0.39, 0.29) is 0 Å². The van der Waals surface area contributed by atoms with Crippen LogP contribution < -0.4 is 10.2 Å². The Labute approximate surface area is 130 Å². The van der Waals surface area contributed by atoms with E-state index in [0.29, 0.717) is 0 Å². The molecule has 0 unspecified atom stereocenters. The number of ether oxygens (including phenoxy) is 1. The third-order valence-corrected chi connectivity index (χ3v) is 4.16. The first-order chi connectivity index (χ1) is 9.81. The molecular formula is C16H25BrN2O. The number of unbranched alkanes of at least 4 members (excludes halogenated alkanes) is 2. The van der Waals surface area contributed by atoms with Crippen molar-refractivity contribution in [3.8, 4) is 0 Å². The second kappa shape index (κ2) is 8.65. The predicted octanol–water partition coefficient (Wildman–Crippen LogP) is 3.57. The van der Waals surface area contributed by atoms with Gasteiger partial charge in [0.15, 0.2) is 0 Å². The minimum Gasteiger partial charge on any atom is -0.378 e. The van der Waals surface area contributed by atoms with Gasteiger partial charge in [0.2, 0.25) is 0 Å². The summed E-state index contributed by atoms with van der Waals surface area (Å²) < 4.78 is 6.59. The molecule has 0 spiro atoms. The second-order valence-electron chi connectivity index (χ2n) is 5.26.